The number of amides is 1. The summed E-state index contributed by atoms with van der Waals surface area (Å²) >= 11 is 0. The van der Waals surface area contributed by atoms with Crippen LogP contribution >= 0.6 is 0 Å². The van der Waals surface area contributed by atoms with Crippen molar-refractivity contribution in [2.45, 2.75) is 6.92 Å². The Balaban J connectivity index is 2.56. The highest BCUT2D eigenvalue weighted by atomic mass is 16.5. The molecule has 0 fully saturated rings. The van der Waals surface area contributed by atoms with Crippen LogP contribution in [0.3, 0.4) is 0 Å². The van der Waals surface area contributed by atoms with E-state index in [0.717, 1.165) is 0 Å². The Labute approximate surface area is 129 Å². The molecule has 22 heavy (non-hydrogen) atoms. The van der Waals surface area contributed by atoms with Gasteiger partial charge < -0.3 is 24.3 Å². The summed E-state index contributed by atoms with van der Waals surface area (Å²) in [5, 5.41) is 2.55. The molecule has 1 aromatic rings. The molecule has 0 radical (unpaired) electrons. The topological polar surface area (TPSA) is 83.1 Å². The summed E-state index contributed by atoms with van der Waals surface area (Å²) in [6, 6.07) is 4.69. The van der Waals surface area contributed by atoms with Gasteiger partial charge in [0.2, 0.25) is 0 Å². The average molecular weight is 311 g/mol. The Morgan fingerprint density at radius 1 is 1.18 bits per heavy atom. The standard InChI is InChI=1S/C15H21NO6/c1-4-21-12-6-5-11(9-13(12)20-3)15(18)22-10-14(17)16-7-8-19-2/h5-6,9H,4,7-8,10H2,1-3H3,(H,16,17). The fourth-order valence-corrected chi connectivity index (χ4v) is 1.63. The van der Waals surface area contributed by atoms with Crippen molar-refractivity contribution in [3.05, 3.63) is 23.8 Å². The largest absolute Gasteiger partial charge is 0.493 e. The molecule has 0 saturated heterocycles. The molecule has 0 bridgehead atoms. The number of rotatable bonds is 9. The lowest BCUT2D eigenvalue weighted by molar-refractivity contribution is -0.124. The Morgan fingerprint density at radius 2 is 1.95 bits per heavy atom. The van der Waals surface area contributed by atoms with Gasteiger partial charge in [-0.05, 0) is 25.1 Å². The van der Waals surface area contributed by atoms with Crippen LogP contribution in [0.5, 0.6) is 11.5 Å². The summed E-state index contributed by atoms with van der Waals surface area (Å²) in [5.41, 5.74) is 0.282. The minimum Gasteiger partial charge on any atom is -0.493 e. The van der Waals surface area contributed by atoms with Crippen LogP contribution < -0.4 is 14.8 Å². The van der Waals surface area contributed by atoms with E-state index in [-0.39, 0.29) is 18.1 Å². The van der Waals surface area contributed by atoms with E-state index in [4.69, 9.17) is 18.9 Å². The van der Waals surface area contributed by atoms with Crippen LogP contribution in [0.2, 0.25) is 0 Å². The second-order valence-corrected chi connectivity index (χ2v) is 4.22. The molecule has 0 aromatic heterocycles. The normalized spacial score (nSPS) is 9.95. The zero-order valence-corrected chi connectivity index (χ0v) is 13.0. The molecule has 0 aliphatic heterocycles. The molecule has 1 N–H and O–H groups in total. The zero-order chi connectivity index (χ0) is 16.4. The van der Waals surface area contributed by atoms with Gasteiger partial charge >= 0.3 is 5.97 Å². The number of hydrogen-bond donors (Lipinski definition) is 1. The zero-order valence-electron chi connectivity index (χ0n) is 13.0. The van der Waals surface area contributed by atoms with Gasteiger partial charge in [-0.25, -0.2) is 4.79 Å². The van der Waals surface area contributed by atoms with Gasteiger partial charge in [-0.15, -0.1) is 0 Å². The summed E-state index contributed by atoms with van der Waals surface area (Å²) in [5.74, 6) is -0.0220. The first-order valence-electron chi connectivity index (χ1n) is 6.86. The third-order valence-electron chi connectivity index (χ3n) is 2.66. The number of ether oxygens (including phenoxy) is 4. The van der Waals surface area contributed by atoms with Crippen molar-refractivity contribution in [2.75, 3.05) is 40.6 Å². The number of benzene rings is 1. The van der Waals surface area contributed by atoms with Crippen LogP contribution in [0, 0.1) is 0 Å². The van der Waals surface area contributed by atoms with Crippen LogP contribution in [0.1, 0.15) is 17.3 Å². The van der Waals surface area contributed by atoms with E-state index in [0.29, 0.717) is 31.3 Å². The molecule has 0 heterocycles. The minimum atomic E-state index is -0.608. The van der Waals surface area contributed by atoms with Gasteiger partial charge in [0, 0.05) is 13.7 Å². The van der Waals surface area contributed by atoms with Gasteiger partial charge in [0.25, 0.3) is 5.91 Å². The molecule has 1 amide bonds. The van der Waals surface area contributed by atoms with Crippen LogP contribution in [-0.2, 0) is 14.3 Å². The highest BCUT2D eigenvalue weighted by molar-refractivity contribution is 5.92. The van der Waals surface area contributed by atoms with Crippen LogP contribution in [-0.4, -0.2) is 52.5 Å². The van der Waals surface area contributed by atoms with Crippen molar-refractivity contribution in [3.63, 3.8) is 0 Å². The Morgan fingerprint density at radius 3 is 2.59 bits per heavy atom. The van der Waals surface area contributed by atoms with Crippen molar-refractivity contribution in [2.24, 2.45) is 0 Å². The van der Waals surface area contributed by atoms with Gasteiger partial charge in [-0.3, -0.25) is 4.79 Å². The quantitative estimate of drug-likeness (QED) is 0.541. The summed E-state index contributed by atoms with van der Waals surface area (Å²) in [6.45, 7) is 2.75. The molecule has 0 saturated carbocycles. The summed E-state index contributed by atoms with van der Waals surface area (Å²) in [4.78, 5) is 23.3. The molecule has 0 spiro atoms. The van der Waals surface area contributed by atoms with Crippen molar-refractivity contribution >= 4 is 11.9 Å². The van der Waals surface area contributed by atoms with E-state index in [9.17, 15) is 9.59 Å². The number of carbonyl (C=O) groups excluding carboxylic acids is 2. The lowest BCUT2D eigenvalue weighted by Gasteiger charge is -2.11. The maximum Gasteiger partial charge on any atom is 0.338 e. The van der Waals surface area contributed by atoms with Gasteiger partial charge in [-0.1, -0.05) is 0 Å². The van der Waals surface area contributed by atoms with Gasteiger partial charge in [0.1, 0.15) is 0 Å². The van der Waals surface area contributed by atoms with Gasteiger partial charge in [-0.2, -0.15) is 0 Å². The van der Waals surface area contributed by atoms with Gasteiger partial charge in [0.05, 0.1) is 25.9 Å². The second kappa shape index (κ2) is 9.62. The summed E-state index contributed by atoms with van der Waals surface area (Å²) < 4.78 is 20.2. The van der Waals surface area contributed by atoms with Crippen LogP contribution in [0.25, 0.3) is 0 Å². The van der Waals surface area contributed by atoms with E-state index >= 15 is 0 Å². The number of carbonyl (C=O) groups is 2. The van der Waals surface area contributed by atoms with Gasteiger partial charge in [0.15, 0.2) is 18.1 Å². The first-order chi connectivity index (χ1) is 10.6. The molecule has 1 aromatic carbocycles. The van der Waals surface area contributed by atoms with Crippen molar-refractivity contribution in [1.29, 1.82) is 0 Å². The highest BCUT2D eigenvalue weighted by Gasteiger charge is 2.13. The summed E-state index contributed by atoms with van der Waals surface area (Å²) in [6.07, 6.45) is 0. The SMILES string of the molecule is CCOc1ccc(C(=O)OCC(=O)NCCOC)cc1OC. The molecule has 7 heteroatoms. The van der Waals surface area contributed by atoms with Crippen LogP contribution in [0.4, 0.5) is 0 Å². The fourth-order valence-electron chi connectivity index (χ4n) is 1.63. The molecule has 7 nitrogen and oxygen atoms in total. The lowest BCUT2D eigenvalue weighted by atomic mass is 10.2. The van der Waals surface area contributed by atoms with Crippen molar-refractivity contribution in [1.82, 2.24) is 5.32 Å². The minimum absolute atomic E-state index is 0.282. The predicted octanol–water partition coefficient (Wildman–Crippen LogP) is 1.01. The molecule has 0 unspecified atom stereocenters. The molecule has 1 rings (SSSR count). The third kappa shape index (κ3) is 5.61. The van der Waals surface area contributed by atoms with Crippen LogP contribution in [0.15, 0.2) is 18.2 Å². The first-order valence-corrected chi connectivity index (χ1v) is 6.86. The van der Waals surface area contributed by atoms with E-state index in [1.54, 1.807) is 12.1 Å². The Hall–Kier alpha value is -2.28. The van der Waals surface area contributed by atoms with E-state index < -0.39 is 5.97 Å². The Bertz CT molecular complexity index is 503. The fraction of sp³-hybridized carbons (Fsp3) is 0.467. The molecule has 0 aliphatic carbocycles. The number of methoxy groups -OCH3 is 2. The number of nitrogens with one attached hydrogen (secondary N) is 1. The van der Waals surface area contributed by atoms with E-state index in [1.807, 2.05) is 6.92 Å². The molecule has 0 atom stereocenters. The molecule has 0 aliphatic rings. The highest BCUT2D eigenvalue weighted by Crippen LogP contribution is 2.28. The third-order valence-corrected chi connectivity index (χ3v) is 2.66. The lowest BCUT2D eigenvalue weighted by Crippen LogP contribution is -2.31. The predicted molar refractivity (Wildman–Crippen MR) is 79.3 cm³/mol. The van der Waals surface area contributed by atoms with E-state index in [1.165, 1.54) is 20.3 Å². The second-order valence-electron chi connectivity index (χ2n) is 4.22. The number of hydrogen-bond acceptors (Lipinski definition) is 6. The first kappa shape index (κ1) is 17.8. The van der Waals surface area contributed by atoms with Crippen molar-refractivity contribution in [3.8, 4) is 11.5 Å². The number of esters is 1. The summed E-state index contributed by atoms with van der Waals surface area (Å²) in [7, 11) is 3.02. The molecular weight excluding hydrogens is 290 g/mol. The van der Waals surface area contributed by atoms with E-state index in [2.05, 4.69) is 5.32 Å². The average Bonchev–Trinajstić information content (AvgIpc) is 2.53. The maximum atomic E-state index is 11.9. The molecular formula is C15H21NO6. The maximum absolute atomic E-state index is 11.9. The smallest absolute Gasteiger partial charge is 0.338 e. The monoisotopic (exact) mass is 311 g/mol. The Kier molecular flexibility index (Phi) is 7.77. The molecule has 122 valence electrons. The van der Waals surface area contributed by atoms with Crippen molar-refractivity contribution < 1.29 is 28.5 Å².